The summed E-state index contributed by atoms with van der Waals surface area (Å²) in [5.74, 6) is -0.547. The van der Waals surface area contributed by atoms with E-state index < -0.39 is 11.9 Å². The third kappa shape index (κ3) is 3.17. The highest BCUT2D eigenvalue weighted by atomic mass is 19.1. The first kappa shape index (κ1) is 13.0. The number of nitrogens with zero attached hydrogens (tertiary/aromatic N) is 3. The molecular formula is C12H12FN3O. The van der Waals surface area contributed by atoms with Gasteiger partial charge < -0.3 is 10.0 Å². The Morgan fingerprint density at radius 2 is 1.94 bits per heavy atom. The summed E-state index contributed by atoms with van der Waals surface area (Å²) in [4.78, 5) is 1.33. The highest BCUT2D eigenvalue weighted by Crippen LogP contribution is 2.23. The highest BCUT2D eigenvalue weighted by molar-refractivity contribution is 5.51. The number of anilines is 1. The number of halogens is 1. The number of rotatable bonds is 4. The Bertz CT molecular complexity index is 458. The second kappa shape index (κ2) is 5.83. The van der Waals surface area contributed by atoms with Crippen LogP contribution in [0.25, 0.3) is 0 Å². The molecule has 0 saturated heterocycles. The largest absolute Gasteiger partial charge is 0.389 e. The van der Waals surface area contributed by atoms with Crippen molar-refractivity contribution in [1.29, 1.82) is 10.5 Å². The van der Waals surface area contributed by atoms with Gasteiger partial charge in [0, 0.05) is 0 Å². The molecule has 1 unspecified atom stereocenters. The summed E-state index contributed by atoms with van der Waals surface area (Å²) in [5.41, 5.74) is 0.651. The fourth-order valence-corrected chi connectivity index (χ4v) is 1.44. The van der Waals surface area contributed by atoms with E-state index >= 15 is 0 Å². The Kier molecular flexibility index (Phi) is 4.45. The average molecular weight is 233 g/mol. The summed E-state index contributed by atoms with van der Waals surface area (Å²) < 4.78 is 13.7. The topological polar surface area (TPSA) is 71.0 Å². The zero-order valence-electron chi connectivity index (χ0n) is 9.39. The van der Waals surface area contributed by atoms with Gasteiger partial charge in [0.15, 0.2) is 0 Å². The van der Waals surface area contributed by atoms with E-state index in [-0.39, 0.29) is 18.8 Å². The first-order chi connectivity index (χ1) is 8.10. The molecule has 0 bridgehead atoms. The minimum Gasteiger partial charge on any atom is -0.389 e. The van der Waals surface area contributed by atoms with E-state index in [0.29, 0.717) is 5.56 Å². The Morgan fingerprint density at radius 1 is 1.35 bits per heavy atom. The second-order valence-electron chi connectivity index (χ2n) is 3.56. The molecule has 0 spiro atoms. The normalized spacial score (nSPS) is 11.4. The van der Waals surface area contributed by atoms with Crippen LogP contribution >= 0.6 is 0 Å². The van der Waals surface area contributed by atoms with Crippen LogP contribution in [0.3, 0.4) is 0 Å². The lowest BCUT2D eigenvalue weighted by molar-refractivity contribution is 0.199. The van der Waals surface area contributed by atoms with Crippen LogP contribution in [0, 0.1) is 28.5 Å². The molecule has 1 aromatic carbocycles. The molecule has 0 aliphatic rings. The number of benzene rings is 1. The van der Waals surface area contributed by atoms with Gasteiger partial charge in [-0.3, -0.25) is 0 Å². The van der Waals surface area contributed by atoms with E-state index in [1.807, 2.05) is 12.1 Å². The highest BCUT2D eigenvalue weighted by Gasteiger charge is 2.12. The van der Waals surface area contributed by atoms with Crippen molar-refractivity contribution in [3.63, 3.8) is 0 Å². The minimum atomic E-state index is -0.751. The Morgan fingerprint density at radius 3 is 2.35 bits per heavy atom. The SMILES string of the molecule is CC(O)c1ccc(N(CC#N)CC#N)c(F)c1. The Balaban J connectivity index is 3.05. The first-order valence-electron chi connectivity index (χ1n) is 5.06. The molecule has 0 fully saturated rings. The van der Waals surface area contributed by atoms with Gasteiger partial charge in [-0.1, -0.05) is 6.07 Å². The molecule has 0 amide bonds. The van der Waals surface area contributed by atoms with Crippen molar-refractivity contribution in [2.75, 3.05) is 18.0 Å². The van der Waals surface area contributed by atoms with Crippen molar-refractivity contribution in [1.82, 2.24) is 0 Å². The van der Waals surface area contributed by atoms with Crippen LogP contribution in [0.4, 0.5) is 10.1 Å². The van der Waals surface area contributed by atoms with Crippen molar-refractivity contribution in [2.45, 2.75) is 13.0 Å². The predicted octanol–water partition coefficient (Wildman–Crippen LogP) is 1.73. The van der Waals surface area contributed by atoms with E-state index in [2.05, 4.69) is 0 Å². The van der Waals surface area contributed by atoms with E-state index in [1.54, 1.807) is 6.07 Å². The van der Waals surface area contributed by atoms with Gasteiger partial charge in [0.05, 0.1) is 23.9 Å². The third-order valence-electron chi connectivity index (χ3n) is 2.32. The van der Waals surface area contributed by atoms with Crippen LogP contribution in [-0.4, -0.2) is 18.2 Å². The number of aliphatic hydroxyl groups excluding tert-OH is 1. The molecule has 1 N–H and O–H groups in total. The first-order valence-corrected chi connectivity index (χ1v) is 5.06. The molecule has 1 atom stereocenters. The summed E-state index contributed by atoms with van der Waals surface area (Å²) in [6, 6.07) is 8.00. The predicted molar refractivity (Wildman–Crippen MR) is 60.5 cm³/mol. The lowest BCUT2D eigenvalue weighted by atomic mass is 10.1. The van der Waals surface area contributed by atoms with Crippen LogP contribution < -0.4 is 4.90 Å². The van der Waals surface area contributed by atoms with Gasteiger partial charge >= 0.3 is 0 Å². The molecule has 1 aromatic rings. The van der Waals surface area contributed by atoms with Crippen molar-refractivity contribution >= 4 is 5.69 Å². The summed E-state index contributed by atoms with van der Waals surface area (Å²) in [7, 11) is 0. The fourth-order valence-electron chi connectivity index (χ4n) is 1.44. The molecule has 0 aliphatic heterocycles. The number of nitriles is 2. The van der Waals surface area contributed by atoms with Crippen molar-refractivity contribution in [3.8, 4) is 12.1 Å². The number of hydrogen-bond donors (Lipinski definition) is 1. The van der Waals surface area contributed by atoms with Gasteiger partial charge in [-0.25, -0.2) is 4.39 Å². The molecule has 17 heavy (non-hydrogen) atoms. The molecule has 88 valence electrons. The maximum absolute atomic E-state index is 13.7. The van der Waals surface area contributed by atoms with Gasteiger partial charge in [-0.2, -0.15) is 10.5 Å². The number of aliphatic hydroxyl groups is 1. The maximum atomic E-state index is 13.7. The smallest absolute Gasteiger partial charge is 0.146 e. The van der Waals surface area contributed by atoms with E-state index in [1.165, 1.54) is 24.0 Å². The molecule has 1 rings (SSSR count). The standard InChI is InChI=1S/C12H12FN3O/c1-9(17)10-2-3-12(11(13)8-10)16(6-4-14)7-5-15/h2-3,8-9,17H,6-7H2,1H3. The zero-order valence-corrected chi connectivity index (χ0v) is 9.39. The van der Waals surface area contributed by atoms with Gasteiger partial charge in [-0.05, 0) is 24.6 Å². The molecule has 0 aromatic heterocycles. The lowest BCUT2D eigenvalue weighted by Crippen LogP contribution is -2.24. The van der Waals surface area contributed by atoms with Crippen molar-refractivity contribution in [2.24, 2.45) is 0 Å². The summed E-state index contributed by atoms with van der Waals surface area (Å²) in [5, 5.41) is 26.5. The molecular weight excluding hydrogens is 221 g/mol. The van der Waals surface area contributed by atoms with Crippen LogP contribution in [0.1, 0.15) is 18.6 Å². The van der Waals surface area contributed by atoms with E-state index in [0.717, 1.165) is 0 Å². The van der Waals surface area contributed by atoms with Crippen molar-refractivity contribution in [3.05, 3.63) is 29.6 Å². The third-order valence-corrected chi connectivity index (χ3v) is 2.32. The van der Waals surface area contributed by atoms with Crippen LogP contribution in [0.5, 0.6) is 0 Å². The van der Waals surface area contributed by atoms with E-state index in [4.69, 9.17) is 10.5 Å². The fraction of sp³-hybridized carbons (Fsp3) is 0.333. The quantitative estimate of drug-likeness (QED) is 0.804. The molecule has 0 saturated carbocycles. The zero-order chi connectivity index (χ0) is 12.8. The van der Waals surface area contributed by atoms with Crippen molar-refractivity contribution < 1.29 is 9.50 Å². The van der Waals surface area contributed by atoms with Crippen LogP contribution in [-0.2, 0) is 0 Å². The van der Waals surface area contributed by atoms with E-state index in [9.17, 15) is 9.50 Å². The molecule has 0 radical (unpaired) electrons. The maximum Gasteiger partial charge on any atom is 0.146 e. The van der Waals surface area contributed by atoms with Gasteiger partial charge in [0.1, 0.15) is 18.9 Å². The van der Waals surface area contributed by atoms with Crippen LogP contribution in [0.15, 0.2) is 18.2 Å². The van der Waals surface area contributed by atoms with Gasteiger partial charge in [0.2, 0.25) is 0 Å². The summed E-state index contributed by atoms with van der Waals surface area (Å²) in [6.45, 7) is 1.42. The molecule has 0 heterocycles. The van der Waals surface area contributed by atoms with Gasteiger partial charge in [0.25, 0.3) is 0 Å². The molecule has 4 nitrogen and oxygen atoms in total. The summed E-state index contributed by atoms with van der Waals surface area (Å²) in [6.07, 6.45) is -0.751. The average Bonchev–Trinajstić information content (AvgIpc) is 2.28. The van der Waals surface area contributed by atoms with Gasteiger partial charge in [-0.15, -0.1) is 0 Å². The summed E-state index contributed by atoms with van der Waals surface area (Å²) >= 11 is 0. The lowest BCUT2D eigenvalue weighted by Gasteiger charge is -2.19. The van der Waals surface area contributed by atoms with Crippen LogP contribution in [0.2, 0.25) is 0 Å². The Labute approximate surface area is 99.1 Å². The molecule has 5 heteroatoms. The minimum absolute atomic E-state index is 0.0570. The number of hydrogen-bond acceptors (Lipinski definition) is 4. The Hall–Kier alpha value is -2.11. The monoisotopic (exact) mass is 233 g/mol. The second-order valence-corrected chi connectivity index (χ2v) is 3.56. The molecule has 0 aliphatic carbocycles.